The number of nitrogens with one attached hydrogen (secondary N) is 1. The van der Waals surface area contributed by atoms with E-state index in [9.17, 15) is 14.4 Å². The molecule has 1 fully saturated rings. The van der Waals surface area contributed by atoms with Crippen molar-refractivity contribution < 1.29 is 23.5 Å². The SMILES string of the molecule is CCc1cccc(NC(=O)COC(=O)[C@H]2CS[C@H](c3ccco3)N2C(C)=O)c1. The van der Waals surface area contributed by atoms with Gasteiger partial charge in [-0.3, -0.25) is 9.59 Å². The van der Waals surface area contributed by atoms with Crippen molar-refractivity contribution in [2.24, 2.45) is 0 Å². The van der Waals surface area contributed by atoms with Gasteiger partial charge < -0.3 is 19.4 Å². The van der Waals surface area contributed by atoms with Crippen molar-refractivity contribution in [1.29, 1.82) is 0 Å². The van der Waals surface area contributed by atoms with Crippen LogP contribution in [-0.4, -0.2) is 41.1 Å². The lowest BCUT2D eigenvalue weighted by molar-refractivity contribution is -0.155. The van der Waals surface area contributed by atoms with Gasteiger partial charge in [0.05, 0.1) is 6.26 Å². The molecule has 2 atom stereocenters. The molecule has 1 aromatic carbocycles. The molecule has 2 aromatic rings. The van der Waals surface area contributed by atoms with Gasteiger partial charge in [0.15, 0.2) is 6.61 Å². The second-order valence-electron chi connectivity index (χ2n) is 6.35. The topological polar surface area (TPSA) is 88.8 Å². The Hall–Kier alpha value is -2.74. The summed E-state index contributed by atoms with van der Waals surface area (Å²) in [6.07, 6.45) is 2.38. The Kier molecular flexibility index (Phi) is 6.41. The summed E-state index contributed by atoms with van der Waals surface area (Å²) in [5, 5.41) is 2.33. The Morgan fingerprint density at radius 3 is 2.79 bits per heavy atom. The van der Waals surface area contributed by atoms with Gasteiger partial charge in [-0.25, -0.2) is 4.79 Å². The first-order chi connectivity index (χ1) is 13.5. The summed E-state index contributed by atoms with van der Waals surface area (Å²) in [4.78, 5) is 38.1. The highest BCUT2D eigenvalue weighted by molar-refractivity contribution is 7.99. The number of amides is 2. The average Bonchev–Trinajstić information content (AvgIpc) is 3.35. The van der Waals surface area contributed by atoms with Crippen LogP contribution in [0, 0.1) is 0 Å². The van der Waals surface area contributed by atoms with Crippen LogP contribution in [0.5, 0.6) is 0 Å². The third-order valence-corrected chi connectivity index (χ3v) is 5.67. The lowest BCUT2D eigenvalue weighted by atomic mass is 10.1. The number of aryl methyl sites for hydroxylation is 1. The molecule has 2 heterocycles. The summed E-state index contributed by atoms with van der Waals surface area (Å²) in [6, 6.07) is 10.2. The van der Waals surface area contributed by atoms with Crippen LogP contribution in [0.3, 0.4) is 0 Å². The molecular formula is C20H22N2O5S. The Labute approximate surface area is 167 Å². The fraction of sp³-hybridized carbons (Fsp3) is 0.350. The van der Waals surface area contributed by atoms with Crippen molar-refractivity contribution >= 4 is 35.2 Å². The zero-order chi connectivity index (χ0) is 20.1. The van der Waals surface area contributed by atoms with Gasteiger partial charge in [-0.2, -0.15) is 0 Å². The number of esters is 1. The zero-order valence-electron chi connectivity index (χ0n) is 15.7. The number of thioether (sulfide) groups is 1. The number of nitrogens with zero attached hydrogens (tertiary/aromatic N) is 1. The normalized spacial score (nSPS) is 18.7. The van der Waals surface area contributed by atoms with E-state index in [0.29, 0.717) is 17.2 Å². The first-order valence-electron chi connectivity index (χ1n) is 8.99. The summed E-state index contributed by atoms with van der Waals surface area (Å²) in [7, 11) is 0. The van der Waals surface area contributed by atoms with Gasteiger partial charge in [0.25, 0.3) is 5.91 Å². The Balaban J connectivity index is 1.57. The Morgan fingerprint density at radius 2 is 2.11 bits per heavy atom. The van der Waals surface area contributed by atoms with Crippen molar-refractivity contribution in [3.63, 3.8) is 0 Å². The molecule has 8 heteroatoms. The molecule has 148 valence electrons. The van der Waals surface area contributed by atoms with Gasteiger partial charge >= 0.3 is 5.97 Å². The molecule has 0 unspecified atom stereocenters. The molecule has 28 heavy (non-hydrogen) atoms. The van der Waals surface area contributed by atoms with Gasteiger partial charge in [-0.15, -0.1) is 11.8 Å². The minimum atomic E-state index is -0.756. The van der Waals surface area contributed by atoms with Crippen molar-refractivity contribution in [2.45, 2.75) is 31.7 Å². The number of carbonyl (C=O) groups is 3. The Morgan fingerprint density at radius 1 is 1.29 bits per heavy atom. The van der Waals surface area contributed by atoms with Crippen LogP contribution in [0.25, 0.3) is 0 Å². The smallest absolute Gasteiger partial charge is 0.330 e. The van der Waals surface area contributed by atoms with Crippen LogP contribution in [-0.2, 0) is 25.5 Å². The van der Waals surface area contributed by atoms with Crippen molar-refractivity contribution in [2.75, 3.05) is 17.7 Å². The number of ether oxygens (including phenoxy) is 1. The van der Waals surface area contributed by atoms with Gasteiger partial charge in [-0.1, -0.05) is 19.1 Å². The molecule has 0 saturated carbocycles. The molecule has 1 saturated heterocycles. The highest BCUT2D eigenvalue weighted by atomic mass is 32.2. The minimum absolute atomic E-state index is 0.255. The number of carbonyl (C=O) groups excluding carboxylic acids is 3. The summed E-state index contributed by atoms with van der Waals surface area (Å²) >= 11 is 1.42. The molecule has 0 aliphatic carbocycles. The summed E-state index contributed by atoms with van der Waals surface area (Å²) in [5.41, 5.74) is 1.75. The van der Waals surface area contributed by atoms with Gasteiger partial charge in [-0.05, 0) is 36.2 Å². The van der Waals surface area contributed by atoms with E-state index in [0.717, 1.165) is 12.0 Å². The fourth-order valence-corrected chi connectivity index (χ4v) is 4.44. The van der Waals surface area contributed by atoms with Crippen LogP contribution in [0.4, 0.5) is 5.69 Å². The molecular weight excluding hydrogens is 380 g/mol. The third-order valence-electron chi connectivity index (χ3n) is 4.39. The molecule has 0 bridgehead atoms. The number of benzene rings is 1. The van der Waals surface area contributed by atoms with Crippen LogP contribution in [0.15, 0.2) is 47.1 Å². The van der Waals surface area contributed by atoms with E-state index in [1.807, 2.05) is 25.1 Å². The highest BCUT2D eigenvalue weighted by Crippen LogP contribution is 2.41. The molecule has 2 amide bonds. The number of anilines is 1. The fourth-order valence-electron chi connectivity index (χ4n) is 3.02. The van der Waals surface area contributed by atoms with E-state index in [2.05, 4.69) is 5.32 Å². The van der Waals surface area contributed by atoms with E-state index >= 15 is 0 Å². The second kappa shape index (κ2) is 8.97. The van der Waals surface area contributed by atoms with Crippen molar-refractivity contribution in [3.8, 4) is 0 Å². The van der Waals surface area contributed by atoms with Gasteiger partial charge in [0.2, 0.25) is 5.91 Å². The van der Waals surface area contributed by atoms with Gasteiger partial charge in [0.1, 0.15) is 17.2 Å². The largest absolute Gasteiger partial charge is 0.466 e. The van der Waals surface area contributed by atoms with Crippen LogP contribution < -0.4 is 5.32 Å². The molecule has 1 aromatic heterocycles. The molecule has 3 rings (SSSR count). The predicted octanol–water partition coefficient (Wildman–Crippen LogP) is 2.99. The molecule has 7 nitrogen and oxygen atoms in total. The number of hydrogen-bond donors (Lipinski definition) is 1. The van der Waals surface area contributed by atoms with E-state index in [4.69, 9.17) is 9.15 Å². The van der Waals surface area contributed by atoms with E-state index in [-0.39, 0.29) is 11.3 Å². The van der Waals surface area contributed by atoms with Crippen LogP contribution in [0.2, 0.25) is 0 Å². The second-order valence-corrected chi connectivity index (χ2v) is 7.47. The number of rotatable bonds is 6. The quantitative estimate of drug-likeness (QED) is 0.748. The predicted molar refractivity (Wildman–Crippen MR) is 106 cm³/mol. The molecule has 1 aliphatic rings. The molecule has 0 spiro atoms. The minimum Gasteiger partial charge on any atom is -0.466 e. The average molecular weight is 402 g/mol. The van der Waals surface area contributed by atoms with Crippen LogP contribution in [0.1, 0.15) is 30.5 Å². The summed E-state index contributed by atoms with van der Waals surface area (Å²) in [5.74, 6) is -0.305. The summed E-state index contributed by atoms with van der Waals surface area (Å²) in [6.45, 7) is 3.02. The number of hydrogen-bond acceptors (Lipinski definition) is 6. The zero-order valence-corrected chi connectivity index (χ0v) is 16.5. The molecule has 0 radical (unpaired) electrons. The molecule has 1 aliphatic heterocycles. The van der Waals surface area contributed by atoms with Crippen molar-refractivity contribution in [3.05, 3.63) is 54.0 Å². The van der Waals surface area contributed by atoms with E-state index in [1.165, 1.54) is 29.8 Å². The van der Waals surface area contributed by atoms with Crippen LogP contribution >= 0.6 is 11.8 Å². The summed E-state index contributed by atoms with van der Waals surface area (Å²) < 4.78 is 10.6. The maximum absolute atomic E-state index is 12.5. The lowest BCUT2D eigenvalue weighted by Crippen LogP contribution is -2.43. The molecule has 1 N–H and O–H groups in total. The van der Waals surface area contributed by atoms with E-state index in [1.54, 1.807) is 18.2 Å². The maximum atomic E-state index is 12.5. The van der Waals surface area contributed by atoms with Gasteiger partial charge in [0, 0.05) is 18.4 Å². The third kappa shape index (κ3) is 4.56. The lowest BCUT2D eigenvalue weighted by Gasteiger charge is -2.25. The maximum Gasteiger partial charge on any atom is 0.330 e. The van der Waals surface area contributed by atoms with Crippen molar-refractivity contribution in [1.82, 2.24) is 4.90 Å². The first-order valence-corrected chi connectivity index (χ1v) is 10.0. The Bertz CT molecular complexity index is 852. The van der Waals surface area contributed by atoms with E-state index < -0.39 is 24.5 Å². The number of furan rings is 1. The first kappa shape index (κ1) is 20.0. The highest BCUT2D eigenvalue weighted by Gasteiger charge is 2.43. The monoisotopic (exact) mass is 402 g/mol. The standard InChI is InChI=1S/C20H22N2O5S/c1-3-14-6-4-7-15(10-14)21-18(24)11-27-20(25)16-12-28-19(22(16)13(2)23)17-8-5-9-26-17/h4-10,16,19H,3,11-12H2,1-2H3,(H,21,24)/t16-,19-/m1/s1.